The highest BCUT2D eigenvalue weighted by Crippen LogP contribution is 2.05. The number of halogens is 1. The van der Waals surface area contributed by atoms with E-state index in [0.717, 1.165) is 26.2 Å². The van der Waals surface area contributed by atoms with E-state index in [1.807, 2.05) is 6.92 Å². The van der Waals surface area contributed by atoms with Crippen LogP contribution in [0, 0.1) is 0 Å². The Morgan fingerprint density at radius 1 is 1.42 bits per heavy atom. The molecule has 0 amide bonds. The third-order valence-electron chi connectivity index (χ3n) is 1.62. The van der Waals surface area contributed by atoms with Gasteiger partial charge in [-0.1, -0.05) is 22.9 Å². The number of hydrogen-bond acceptors (Lipinski definition) is 2. The van der Waals surface area contributed by atoms with Gasteiger partial charge in [-0.05, 0) is 20.3 Å². The molecule has 0 aromatic heterocycles. The van der Waals surface area contributed by atoms with Crippen LogP contribution in [-0.2, 0) is 4.74 Å². The molecule has 0 aliphatic rings. The second-order valence-electron chi connectivity index (χ2n) is 3.07. The molecule has 0 spiro atoms. The van der Waals surface area contributed by atoms with Crippen LogP contribution >= 0.6 is 15.9 Å². The molecule has 0 fully saturated rings. The molecule has 12 heavy (non-hydrogen) atoms. The lowest BCUT2D eigenvalue weighted by Gasteiger charge is -2.14. The van der Waals surface area contributed by atoms with E-state index in [9.17, 15) is 0 Å². The molecule has 0 aromatic rings. The lowest BCUT2D eigenvalue weighted by molar-refractivity contribution is 0.147. The van der Waals surface area contributed by atoms with Crippen molar-refractivity contribution in [3.05, 3.63) is 0 Å². The largest absolute Gasteiger partial charge is 0.380 e. The average Bonchev–Trinajstić information content (AvgIpc) is 1.97. The lowest BCUT2D eigenvalue weighted by Crippen LogP contribution is -2.30. The van der Waals surface area contributed by atoms with Gasteiger partial charge in [0.15, 0.2) is 0 Å². The fourth-order valence-corrected chi connectivity index (χ4v) is 1.65. The van der Waals surface area contributed by atoms with Crippen molar-refractivity contribution in [1.29, 1.82) is 0 Å². The third-order valence-corrected chi connectivity index (χ3v) is 2.00. The maximum Gasteiger partial charge on any atom is 0.0590 e. The molecular weight excluding hydrogens is 218 g/mol. The summed E-state index contributed by atoms with van der Waals surface area (Å²) in [5.41, 5.74) is 0. The Morgan fingerprint density at radius 2 is 2.08 bits per heavy atom. The monoisotopic (exact) mass is 237 g/mol. The van der Waals surface area contributed by atoms with Gasteiger partial charge >= 0.3 is 0 Å². The molecule has 1 N–H and O–H groups in total. The zero-order valence-electron chi connectivity index (χ0n) is 8.27. The molecule has 0 aliphatic heterocycles. The summed E-state index contributed by atoms with van der Waals surface area (Å²) in [4.78, 5) is 0.590. The second kappa shape index (κ2) is 8.02. The summed E-state index contributed by atoms with van der Waals surface area (Å²) in [5.74, 6) is 0. The van der Waals surface area contributed by atoms with Gasteiger partial charge < -0.3 is 10.1 Å². The Hall–Kier alpha value is 0.400. The first-order valence-corrected chi connectivity index (χ1v) is 5.53. The summed E-state index contributed by atoms with van der Waals surface area (Å²) in [6, 6.07) is 0.569. The molecule has 0 aromatic carbocycles. The number of nitrogens with one attached hydrogen (secondary N) is 1. The van der Waals surface area contributed by atoms with Crippen LogP contribution in [0.15, 0.2) is 0 Å². The minimum absolute atomic E-state index is 0.569. The number of alkyl halides is 1. The van der Waals surface area contributed by atoms with Gasteiger partial charge in [0.2, 0.25) is 0 Å². The summed E-state index contributed by atoms with van der Waals surface area (Å²) in [7, 11) is 0. The van der Waals surface area contributed by atoms with Crippen molar-refractivity contribution < 1.29 is 4.74 Å². The van der Waals surface area contributed by atoms with Crippen molar-refractivity contribution in [2.24, 2.45) is 0 Å². The smallest absolute Gasteiger partial charge is 0.0590 e. The van der Waals surface area contributed by atoms with Crippen LogP contribution in [0.2, 0.25) is 0 Å². The van der Waals surface area contributed by atoms with Crippen molar-refractivity contribution in [2.45, 2.75) is 38.1 Å². The molecule has 0 radical (unpaired) electrons. The fraction of sp³-hybridized carbons (Fsp3) is 1.00. The van der Waals surface area contributed by atoms with E-state index in [4.69, 9.17) is 4.74 Å². The zero-order chi connectivity index (χ0) is 9.40. The third kappa shape index (κ3) is 8.50. The van der Waals surface area contributed by atoms with Gasteiger partial charge in [0.05, 0.1) is 6.61 Å². The molecule has 2 nitrogen and oxygen atoms in total. The first kappa shape index (κ1) is 12.4. The van der Waals surface area contributed by atoms with Crippen molar-refractivity contribution in [2.75, 3.05) is 19.8 Å². The normalized spacial score (nSPS) is 16.0. The Kier molecular flexibility index (Phi) is 8.29. The number of ether oxygens (including phenoxy) is 1. The van der Waals surface area contributed by atoms with Gasteiger partial charge in [-0.25, -0.2) is 0 Å². The summed E-state index contributed by atoms with van der Waals surface area (Å²) in [5, 5.41) is 3.39. The van der Waals surface area contributed by atoms with E-state index in [-0.39, 0.29) is 0 Å². The molecule has 2 atom stereocenters. The highest BCUT2D eigenvalue weighted by Gasteiger charge is 2.03. The van der Waals surface area contributed by atoms with Crippen molar-refractivity contribution in [3.63, 3.8) is 0 Å². The highest BCUT2D eigenvalue weighted by atomic mass is 79.9. The minimum atomic E-state index is 0.569. The van der Waals surface area contributed by atoms with E-state index >= 15 is 0 Å². The quantitative estimate of drug-likeness (QED) is 0.542. The summed E-state index contributed by atoms with van der Waals surface area (Å²) >= 11 is 3.53. The predicted octanol–water partition coefficient (Wildman–Crippen LogP) is 2.17. The topological polar surface area (TPSA) is 21.3 Å². The summed E-state index contributed by atoms with van der Waals surface area (Å²) in [6.07, 6.45) is 1.16. The Labute approximate surface area is 84.2 Å². The van der Waals surface area contributed by atoms with E-state index in [1.54, 1.807) is 0 Å². The van der Waals surface area contributed by atoms with Crippen molar-refractivity contribution in [1.82, 2.24) is 5.32 Å². The highest BCUT2D eigenvalue weighted by molar-refractivity contribution is 9.09. The first-order valence-electron chi connectivity index (χ1n) is 4.62. The number of hydrogen-bond donors (Lipinski definition) is 1. The standard InChI is InChI=1S/C9H20BrNO/c1-4-12-6-5-11-9(3)7-8(2)10/h8-9,11H,4-7H2,1-3H3. The number of rotatable bonds is 7. The minimum Gasteiger partial charge on any atom is -0.380 e. The van der Waals surface area contributed by atoms with Gasteiger partial charge in [0.25, 0.3) is 0 Å². The molecule has 2 unspecified atom stereocenters. The molecule has 0 saturated carbocycles. The van der Waals surface area contributed by atoms with Gasteiger partial charge in [-0.3, -0.25) is 0 Å². The van der Waals surface area contributed by atoms with Crippen LogP contribution in [0.25, 0.3) is 0 Å². The maximum atomic E-state index is 5.21. The van der Waals surface area contributed by atoms with Crippen LogP contribution in [0.4, 0.5) is 0 Å². The van der Waals surface area contributed by atoms with Crippen LogP contribution in [0.3, 0.4) is 0 Å². The molecule has 3 heteroatoms. The lowest BCUT2D eigenvalue weighted by atomic mass is 10.2. The summed E-state index contributed by atoms with van der Waals surface area (Å²) < 4.78 is 5.21. The van der Waals surface area contributed by atoms with Crippen LogP contribution in [-0.4, -0.2) is 30.6 Å². The Balaban J connectivity index is 3.14. The van der Waals surface area contributed by atoms with Crippen LogP contribution in [0.1, 0.15) is 27.2 Å². The maximum absolute atomic E-state index is 5.21. The zero-order valence-corrected chi connectivity index (χ0v) is 9.86. The molecule has 0 aliphatic carbocycles. The SMILES string of the molecule is CCOCCNC(C)CC(C)Br. The van der Waals surface area contributed by atoms with Crippen LogP contribution in [0.5, 0.6) is 0 Å². The van der Waals surface area contributed by atoms with Crippen molar-refractivity contribution in [3.8, 4) is 0 Å². The summed E-state index contributed by atoms with van der Waals surface area (Å²) in [6.45, 7) is 8.96. The molecule has 0 saturated heterocycles. The van der Waals surface area contributed by atoms with Gasteiger partial charge in [-0.2, -0.15) is 0 Å². The van der Waals surface area contributed by atoms with Gasteiger partial charge in [-0.15, -0.1) is 0 Å². The molecule has 0 rings (SSSR count). The predicted molar refractivity (Wildman–Crippen MR) is 57.0 cm³/mol. The van der Waals surface area contributed by atoms with E-state index in [1.165, 1.54) is 0 Å². The first-order chi connectivity index (χ1) is 5.66. The fourth-order valence-electron chi connectivity index (χ4n) is 1.09. The second-order valence-corrected chi connectivity index (χ2v) is 4.63. The molecular formula is C9H20BrNO. The van der Waals surface area contributed by atoms with Crippen molar-refractivity contribution >= 4 is 15.9 Å². The average molecular weight is 238 g/mol. The van der Waals surface area contributed by atoms with Gasteiger partial charge in [0, 0.05) is 24.0 Å². The van der Waals surface area contributed by atoms with Gasteiger partial charge in [0.1, 0.15) is 0 Å². The molecule has 0 heterocycles. The van der Waals surface area contributed by atoms with E-state index in [0.29, 0.717) is 10.9 Å². The van der Waals surface area contributed by atoms with E-state index in [2.05, 4.69) is 35.1 Å². The van der Waals surface area contributed by atoms with E-state index < -0.39 is 0 Å². The molecule has 74 valence electrons. The molecule has 0 bridgehead atoms. The van der Waals surface area contributed by atoms with Crippen LogP contribution < -0.4 is 5.32 Å². The Bertz CT molecular complexity index is 98.5. The Morgan fingerprint density at radius 3 is 2.58 bits per heavy atom.